The Kier molecular flexibility index (Phi) is 6.42. The van der Waals surface area contributed by atoms with E-state index in [-0.39, 0.29) is 11.8 Å². The van der Waals surface area contributed by atoms with Crippen LogP contribution in [0.2, 0.25) is 0 Å². The SMILES string of the molecule is C=CCN(C(=O)C1CCN(S(=O)(=O)c2ccc3c(c2)CCC3)CC1)c1nc2c(s1)CCCC2. The first-order chi connectivity index (χ1) is 16.0. The fraction of sp³-hybridized carbons (Fsp3) is 0.520. The molecule has 2 aromatic rings. The first-order valence-electron chi connectivity index (χ1n) is 12.0. The van der Waals surface area contributed by atoms with Crippen LogP contribution >= 0.6 is 11.3 Å². The average Bonchev–Trinajstić information content (AvgIpc) is 3.48. The Morgan fingerprint density at radius 3 is 2.64 bits per heavy atom. The number of aryl methyl sites for hydroxylation is 4. The molecular weight excluding hydrogens is 454 g/mol. The molecular formula is C25H31N3O3S2. The maximum atomic E-state index is 13.4. The number of anilines is 1. The number of hydrogen-bond donors (Lipinski definition) is 0. The van der Waals surface area contributed by atoms with Crippen molar-refractivity contribution in [2.24, 2.45) is 5.92 Å². The van der Waals surface area contributed by atoms with Crippen molar-refractivity contribution in [2.45, 2.75) is 62.7 Å². The van der Waals surface area contributed by atoms with Crippen molar-refractivity contribution in [1.29, 1.82) is 0 Å². The van der Waals surface area contributed by atoms with E-state index in [1.807, 2.05) is 12.1 Å². The number of fused-ring (bicyclic) bond motifs is 2. The number of sulfonamides is 1. The monoisotopic (exact) mass is 485 g/mol. The van der Waals surface area contributed by atoms with Gasteiger partial charge in [0.05, 0.1) is 10.6 Å². The molecule has 8 heteroatoms. The zero-order chi connectivity index (χ0) is 23.0. The summed E-state index contributed by atoms with van der Waals surface area (Å²) >= 11 is 1.63. The third-order valence-corrected chi connectivity index (χ3v) is 10.2. The predicted molar refractivity (Wildman–Crippen MR) is 131 cm³/mol. The highest BCUT2D eigenvalue weighted by Gasteiger charge is 2.35. The lowest BCUT2D eigenvalue weighted by Gasteiger charge is -2.32. The van der Waals surface area contributed by atoms with Gasteiger partial charge in [0.25, 0.3) is 0 Å². The molecule has 3 aliphatic rings. The standard InChI is InChI=1S/C25H31N3O3S2/c1-2-14-28(25-26-22-8-3-4-9-23(22)32-25)24(29)19-12-15-27(16-13-19)33(30,31)21-11-10-18-6-5-7-20(18)17-21/h2,10-11,17,19H,1,3-9,12-16H2. The lowest BCUT2D eigenvalue weighted by molar-refractivity contribution is -0.123. The zero-order valence-corrected chi connectivity index (χ0v) is 20.6. The minimum Gasteiger partial charge on any atom is -0.284 e. The Labute approximate surface area is 200 Å². The first kappa shape index (κ1) is 22.7. The maximum absolute atomic E-state index is 13.4. The lowest BCUT2D eigenvalue weighted by Crippen LogP contribution is -2.44. The van der Waals surface area contributed by atoms with Gasteiger partial charge in [0.15, 0.2) is 5.13 Å². The zero-order valence-electron chi connectivity index (χ0n) is 19.0. The third kappa shape index (κ3) is 4.40. The molecule has 0 bridgehead atoms. The average molecular weight is 486 g/mol. The van der Waals surface area contributed by atoms with Crippen molar-refractivity contribution in [3.05, 3.63) is 52.6 Å². The molecule has 6 nitrogen and oxygen atoms in total. The van der Waals surface area contributed by atoms with Crippen LogP contribution in [0.1, 0.15) is 53.8 Å². The van der Waals surface area contributed by atoms with E-state index >= 15 is 0 Å². The summed E-state index contributed by atoms with van der Waals surface area (Å²) in [7, 11) is -3.54. The number of hydrogen-bond acceptors (Lipinski definition) is 5. The van der Waals surface area contributed by atoms with Crippen LogP contribution in [0.25, 0.3) is 0 Å². The van der Waals surface area contributed by atoms with Gasteiger partial charge in [0.1, 0.15) is 0 Å². The van der Waals surface area contributed by atoms with Gasteiger partial charge in [-0.25, -0.2) is 13.4 Å². The summed E-state index contributed by atoms with van der Waals surface area (Å²) in [6, 6.07) is 5.56. The van der Waals surface area contributed by atoms with Crippen molar-refractivity contribution in [3.63, 3.8) is 0 Å². The Hall–Kier alpha value is -2.03. The highest BCUT2D eigenvalue weighted by molar-refractivity contribution is 7.89. The van der Waals surface area contributed by atoms with Gasteiger partial charge in [-0.05, 0) is 81.0 Å². The van der Waals surface area contributed by atoms with Crippen LogP contribution in [0.15, 0.2) is 35.7 Å². The Balaban J connectivity index is 1.28. The van der Waals surface area contributed by atoms with Gasteiger partial charge in [-0.3, -0.25) is 9.69 Å². The van der Waals surface area contributed by atoms with Gasteiger partial charge in [-0.2, -0.15) is 4.31 Å². The smallest absolute Gasteiger partial charge is 0.243 e. The number of thiazole rings is 1. The normalized spacial score (nSPS) is 19.2. The van der Waals surface area contributed by atoms with Gasteiger partial charge in [0.2, 0.25) is 15.9 Å². The number of amides is 1. The summed E-state index contributed by atoms with van der Waals surface area (Å²) in [5.74, 6) is -0.159. The summed E-state index contributed by atoms with van der Waals surface area (Å²) in [6.07, 6.45) is 10.2. The molecule has 1 saturated heterocycles. The second-order valence-electron chi connectivity index (χ2n) is 9.27. The van der Waals surface area contributed by atoms with Crippen LogP contribution in [0.4, 0.5) is 5.13 Å². The van der Waals surface area contributed by atoms with E-state index < -0.39 is 10.0 Å². The van der Waals surface area contributed by atoms with E-state index in [4.69, 9.17) is 4.98 Å². The number of aromatic nitrogens is 1. The molecule has 2 heterocycles. The number of piperidine rings is 1. The van der Waals surface area contributed by atoms with Crippen LogP contribution < -0.4 is 4.90 Å². The van der Waals surface area contributed by atoms with E-state index in [2.05, 4.69) is 6.58 Å². The Morgan fingerprint density at radius 1 is 1.12 bits per heavy atom. The number of nitrogens with zero attached hydrogens (tertiary/aromatic N) is 3. The Morgan fingerprint density at radius 2 is 1.88 bits per heavy atom. The molecule has 5 rings (SSSR count). The molecule has 0 radical (unpaired) electrons. The maximum Gasteiger partial charge on any atom is 0.243 e. The van der Waals surface area contributed by atoms with Crippen LogP contribution in [0.5, 0.6) is 0 Å². The quantitative estimate of drug-likeness (QED) is 0.577. The van der Waals surface area contributed by atoms with Crippen LogP contribution in [-0.4, -0.2) is 43.2 Å². The van der Waals surface area contributed by atoms with Gasteiger partial charge >= 0.3 is 0 Å². The lowest BCUT2D eigenvalue weighted by atomic mass is 9.96. The molecule has 1 aromatic carbocycles. The molecule has 1 aromatic heterocycles. The third-order valence-electron chi connectivity index (χ3n) is 7.15. The van der Waals surface area contributed by atoms with E-state index in [0.717, 1.165) is 54.9 Å². The molecule has 0 N–H and O–H groups in total. The molecule has 0 spiro atoms. The van der Waals surface area contributed by atoms with Crippen molar-refractivity contribution in [1.82, 2.24) is 9.29 Å². The molecule has 0 atom stereocenters. The fourth-order valence-corrected chi connectivity index (χ4v) is 7.95. The van der Waals surface area contributed by atoms with Gasteiger partial charge in [-0.15, -0.1) is 17.9 Å². The fourth-order valence-electron chi connectivity index (χ4n) is 5.27. The molecule has 0 saturated carbocycles. The van der Waals surface area contributed by atoms with Crippen molar-refractivity contribution < 1.29 is 13.2 Å². The van der Waals surface area contributed by atoms with Crippen LogP contribution in [-0.2, 0) is 40.5 Å². The van der Waals surface area contributed by atoms with Crippen LogP contribution in [0, 0.1) is 5.92 Å². The van der Waals surface area contributed by atoms with Crippen molar-refractivity contribution >= 4 is 32.4 Å². The summed E-state index contributed by atoms with van der Waals surface area (Å²) in [5.41, 5.74) is 3.56. The number of rotatable bonds is 6. The summed E-state index contributed by atoms with van der Waals surface area (Å²) in [5, 5.41) is 0.764. The molecule has 0 unspecified atom stereocenters. The number of carbonyl (C=O) groups is 1. The van der Waals surface area contributed by atoms with Gasteiger partial charge in [-0.1, -0.05) is 12.1 Å². The molecule has 1 fully saturated rings. The molecule has 1 amide bonds. The largest absolute Gasteiger partial charge is 0.284 e. The summed E-state index contributed by atoms with van der Waals surface area (Å²) in [4.78, 5) is 21.6. The molecule has 176 valence electrons. The van der Waals surface area contributed by atoms with Crippen molar-refractivity contribution in [2.75, 3.05) is 24.5 Å². The molecule has 1 aliphatic heterocycles. The summed E-state index contributed by atoms with van der Waals surface area (Å²) in [6.45, 7) is 5.00. The van der Waals surface area contributed by atoms with Gasteiger partial charge < -0.3 is 0 Å². The van der Waals surface area contributed by atoms with Crippen molar-refractivity contribution in [3.8, 4) is 0 Å². The van der Waals surface area contributed by atoms with E-state index in [1.54, 1.807) is 32.7 Å². The second-order valence-corrected chi connectivity index (χ2v) is 12.3. The predicted octanol–water partition coefficient (Wildman–Crippen LogP) is 4.13. The topological polar surface area (TPSA) is 70.6 Å². The summed E-state index contributed by atoms with van der Waals surface area (Å²) < 4.78 is 28.0. The second kappa shape index (κ2) is 9.31. The minimum absolute atomic E-state index is 0.0376. The number of benzene rings is 1. The molecule has 2 aliphatic carbocycles. The minimum atomic E-state index is -3.54. The van der Waals surface area contributed by atoms with E-state index in [0.29, 0.717) is 37.4 Å². The van der Waals surface area contributed by atoms with Gasteiger partial charge in [0, 0.05) is 30.4 Å². The molecule has 33 heavy (non-hydrogen) atoms. The highest BCUT2D eigenvalue weighted by Crippen LogP contribution is 2.34. The highest BCUT2D eigenvalue weighted by atomic mass is 32.2. The number of carbonyl (C=O) groups excluding carboxylic acids is 1. The first-order valence-corrected chi connectivity index (χ1v) is 14.3. The van der Waals surface area contributed by atoms with E-state index in [1.165, 1.54) is 16.9 Å². The van der Waals surface area contributed by atoms with Crippen LogP contribution in [0.3, 0.4) is 0 Å². The Bertz CT molecular complexity index is 1140. The van der Waals surface area contributed by atoms with E-state index in [9.17, 15) is 13.2 Å².